The summed E-state index contributed by atoms with van der Waals surface area (Å²) in [5.74, 6) is 0. The van der Waals surface area contributed by atoms with E-state index < -0.39 is 0 Å². The monoisotopic (exact) mass is 548 g/mol. The van der Waals surface area contributed by atoms with Crippen LogP contribution in [0.2, 0.25) is 0 Å². The molecule has 0 heteroatoms. The first-order valence-corrected chi connectivity index (χ1v) is 15.7. The molecular formula is C43H32. The van der Waals surface area contributed by atoms with Crippen LogP contribution in [-0.2, 0) is 17.3 Å². The summed E-state index contributed by atoms with van der Waals surface area (Å²) in [4.78, 5) is 0. The molecule has 0 amide bonds. The molecule has 0 aliphatic heterocycles. The van der Waals surface area contributed by atoms with E-state index in [9.17, 15) is 0 Å². The molecule has 10 rings (SSSR count). The van der Waals surface area contributed by atoms with Crippen molar-refractivity contribution in [3.05, 3.63) is 137 Å². The molecule has 0 aromatic heterocycles. The van der Waals surface area contributed by atoms with Crippen LogP contribution in [0.4, 0.5) is 0 Å². The summed E-state index contributed by atoms with van der Waals surface area (Å²) in [6.45, 7) is 9.75. The van der Waals surface area contributed by atoms with Gasteiger partial charge in [-0.2, -0.15) is 0 Å². The summed E-state index contributed by atoms with van der Waals surface area (Å²) < 4.78 is 0. The smallest absolute Gasteiger partial charge is 0.0165 e. The highest BCUT2D eigenvalue weighted by Crippen LogP contribution is 2.58. The number of hydrogen-bond donors (Lipinski definition) is 0. The predicted molar refractivity (Wildman–Crippen MR) is 184 cm³/mol. The normalized spacial score (nSPS) is 16.6. The quantitative estimate of drug-likeness (QED) is 0.165. The van der Waals surface area contributed by atoms with Crippen LogP contribution in [-0.4, -0.2) is 0 Å². The number of fused-ring (bicyclic) bond motifs is 13. The number of rotatable bonds is 0. The molecule has 3 aliphatic rings. The van der Waals surface area contributed by atoms with Crippen LogP contribution in [0.3, 0.4) is 0 Å². The lowest BCUT2D eigenvalue weighted by Gasteiger charge is -2.27. The Balaban J connectivity index is 1.31. The summed E-state index contributed by atoms with van der Waals surface area (Å²) in [5, 5.41) is 11.0. The number of allylic oxidation sites excluding steroid dienone is 1. The zero-order chi connectivity index (χ0) is 28.8. The third-order valence-electron chi connectivity index (χ3n) is 11.2. The van der Waals surface area contributed by atoms with Gasteiger partial charge in [0.25, 0.3) is 0 Å². The van der Waals surface area contributed by atoms with E-state index in [4.69, 9.17) is 0 Å². The van der Waals surface area contributed by atoms with Gasteiger partial charge in [-0.25, -0.2) is 0 Å². The summed E-state index contributed by atoms with van der Waals surface area (Å²) in [5.41, 5.74) is 14.2. The Morgan fingerprint density at radius 1 is 0.465 bits per heavy atom. The molecule has 0 N–H and O–H groups in total. The van der Waals surface area contributed by atoms with Gasteiger partial charge in [-0.3, -0.25) is 0 Å². The van der Waals surface area contributed by atoms with Gasteiger partial charge in [0, 0.05) is 10.8 Å². The molecular weight excluding hydrogens is 516 g/mol. The van der Waals surface area contributed by atoms with Gasteiger partial charge in [-0.15, -0.1) is 0 Å². The van der Waals surface area contributed by atoms with Crippen molar-refractivity contribution in [2.45, 2.75) is 44.9 Å². The summed E-state index contributed by atoms with van der Waals surface area (Å²) in [6, 6.07) is 37.5. The van der Waals surface area contributed by atoms with Crippen molar-refractivity contribution < 1.29 is 0 Å². The Morgan fingerprint density at radius 2 is 1.02 bits per heavy atom. The Bertz CT molecular complexity index is 2460. The van der Waals surface area contributed by atoms with Crippen LogP contribution in [0.5, 0.6) is 0 Å². The van der Waals surface area contributed by atoms with Crippen LogP contribution in [0.15, 0.2) is 103 Å². The zero-order valence-corrected chi connectivity index (χ0v) is 25.1. The van der Waals surface area contributed by atoms with E-state index in [2.05, 4.69) is 137 Å². The van der Waals surface area contributed by atoms with Gasteiger partial charge >= 0.3 is 0 Å². The van der Waals surface area contributed by atoms with Crippen LogP contribution in [0.25, 0.3) is 71.4 Å². The van der Waals surface area contributed by atoms with Crippen molar-refractivity contribution in [2.24, 2.45) is 0 Å². The van der Waals surface area contributed by atoms with E-state index in [0.29, 0.717) is 0 Å². The van der Waals surface area contributed by atoms with Gasteiger partial charge in [0.1, 0.15) is 0 Å². The highest BCUT2D eigenvalue weighted by molar-refractivity contribution is 6.26. The van der Waals surface area contributed by atoms with Crippen molar-refractivity contribution >= 4 is 49.2 Å². The Kier molecular flexibility index (Phi) is 4.23. The van der Waals surface area contributed by atoms with Gasteiger partial charge < -0.3 is 0 Å². The molecule has 0 fully saturated rings. The van der Waals surface area contributed by atoms with Gasteiger partial charge in [0.15, 0.2) is 0 Å². The standard InChI is InChI=1S/C43H32/c1-42(2)37-22-32-29-17-8-6-15-27(29)26-14-5-7-16-28(26)31(32)20-33(37)34-21-35-36-19-25-13-9-11-24-12-10-18-30(40(24)25)41(36)43(3,4)39(35)23-38(34)42/h5-10,12-23H,11H2,1-4H3. The van der Waals surface area contributed by atoms with Gasteiger partial charge in [-0.05, 0) is 129 Å². The topological polar surface area (TPSA) is 0 Å². The van der Waals surface area contributed by atoms with Crippen molar-refractivity contribution in [1.29, 1.82) is 0 Å². The molecule has 0 spiro atoms. The first kappa shape index (κ1) is 23.8. The van der Waals surface area contributed by atoms with Gasteiger partial charge in [0.05, 0.1) is 0 Å². The van der Waals surface area contributed by atoms with Crippen LogP contribution < -0.4 is 0 Å². The Labute approximate surface area is 252 Å². The third-order valence-corrected chi connectivity index (χ3v) is 11.2. The second kappa shape index (κ2) is 7.63. The SMILES string of the molecule is CC1(C)c2cc3c(cc2-c2cc4c5ccccc5c5ccccc5c4cc21)-c1cc2c4c(cccc4c1C3(C)C)CC=C2. The number of benzene rings is 7. The van der Waals surface area contributed by atoms with Gasteiger partial charge in [-0.1, -0.05) is 113 Å². The average molecular weight is 549 g/mol. The fourth-order valence-electron chi connectivity index (χ4n) is 9.14. The molecule has 0 atom stereocenters. The first-order chi connectivity index (χ1) is 20.8. The van der Waals surface area contributed by atoms with E-state index in [-0.39, 0.29) is 10.8 Å². The molecule has 0 saturated carbocycles. The fourth-order valence-corrected chi connectivity index (χ4v) is 9.14. The summed E-state index contributed by atoms with van der Waals surface area (Å²) >= 11 is 0. The van der Waals surface area contributed by atoms with Crippen LogP contribution >= 0.6 is 0 Å². The second-order valence-electron chi connectivity index (χ2n) is 14.1. The molecule has 0 radical (unpaired) electrons. The summed E-state index contributed by atoms with van der Waals surface area (Å²) in [6.07, 6.45) is 5.69. The molecule has 7 aromatic rings. The molecule has 0 unspecified atom stereocenters. The minimum Gasteiger partial charge on any atom is -0.0795 e. The maximum absolute atomic E-state index is 2.58. The molecule has 204 valence electrons. The highest BCUT2D eigenvalue weighted by Gasteiger charge is 2.43. The average Bonchev–Trinajstić information content (AvgIpc) is 3.38. The van der Waals surface area contributed by atoms with Crippen molar-refractivity contribution in [2.75, 3.05) is 0 Å². The Hall–Kier alpha value is -4.68. The summed E-state index contributed by atoms with van der Waals surface area (Å²) in [7, 11) is 0. The predicted octanol–water partition coefficient (Wildman–Crippen LogP) is 11.5. The third kappa shape index (κ3) is 2.78. The van der Waals surface area contributed by atoms with Crippen molar-refractivity contribution in [1.82, 2.24) is 0 Å². The van der Waals surface area contributed by atoms with E-state index in [1.165, 1.54) is 98.7 Å². The molecule has 0 heterocycles. The maximum atomic E-state index is 2.58. The minimum absolute atomic E-state index is 0.0695. The molecule has 43 heavy (non-hydrogen) atoms. The fraction of sp³-hybridized carbons (Fsp3) is 0.163. The van der Waals surface area contributed by atoms with E-state index >= 15 is 0 Å². The van der Waals surface area contributed by atoms with Crippen LogP contribution in [0.1, 0.15) is 61.1 Å². The number of hydrogen-bond acceptors (Lipinski definition) is 0. The second-order valence-corrected chi connectivity index (χ2v) is 14.1. The first-order valence-electron chi connectivity index (χ1n) is 15.7. The van der Waals surface area contributed by atoms with Crippen LogP contribution in [0, 0.1) is 0 Å². The van der Waals surface area contributed by atoms with E-state index in [1.807, 2.05) is 0 Å². The van der Waals surface area contributed by atoms with E-state index in [0.717, 1.165) is 6.42 Å². The Morgan fingerprint density at radius 3 is 1.74 bits per heavy atom. The lowest BCUT2D eigenvalue weighted by Crippen LogP contribution is -2.19. The van der Waals surface area contributed by atoms with E-state index in [1.54, 1.807) is 0 Å². The van der Waals surface area contributed by atoms with Gasteiger partial charge in [0.2, 0.25) is 0 Å². The molecule has 3 aliphatic carbocycles. The maximum Gasteiger partial charge on any atom is 0.0165 e. The minimum atomic E-state index is -0.0858. The largest absolute Gasteiger partial charge is 0.0795 e. The molecule has 0 bridgehead atoms. The van der Waals surface area contributed by atoms with Crippen molar-refractivity contribution in [3.8, 4) is 22.3 Å². The lowest BCUT2D eigenvalue weighted by molar-refractivity contribution is 0.642. The lowest BCUT2D eigenvalue weighted by atomic mass is 9.76. The molecule has 7 aromatic carbocycles. The zero-order valence-electron chi connectivity index (χ0n) is 25.1. The molecule has 0 saturated heterocycles. The highest BCUT2D eigenvalue weighted by atomic mass is 14.5. The molecule has 0 nitrogen and oxygen atoms in total. The van der Waals surface area contributed by atoms with Crippen molar-refractivity contribution in [3.63, 3.8) is 0 Å².